The van der Waals surface area contributed by atoms with Crippen LogP contribution in [0.5, 0.6) is 0 Å². The van der Waals surface area contributed by atoms with Crippen LogP contribution in [0.2, 0.25) is 0 Å². The lowest BCUT2D eigenvalue weighted by Gasteiger charge is -2.30. The molecule has 1 fully saturated rings. The minimum Gasteiger partial charge on any atom is -0.456 e. The van der Waals surface area contributed by atoms with Crippen molar-refractivity contribution in [3.63, 3.8) is 0 Å². The molecule has 6 rings (SSSR count). The second kappa shape index (κ2) is 7.54. The summed E-state index contributed by atoms with van der Waals surface area (Å²) in [5, 5.41) is 2.29. The Bertz CT molecular complexity index is 1390. The second-order valence-electron chi connectivity index (χ2n) is 8.61. The maximum Gasteiger partial charge on any atom is 0.157 e. The van der Waals surface area contributed by atoms with Gasteiger partial charge >= 0.3 is 0 Å². The Morgan fingerprint density at radius 3 is 2.09 bits per heavy atom. The van der Waals surface area contributed by atoms with Crippen molar-refractivity contribution in [1.82, 2.24) is 0 Å². The lowest BCUT2D eigenvalue weighted by molar-refractivity contribution is 0.0417. The van der Waals surface area contributed by atoms with E-state index in [-0.39, 0.29) is 18.4 Å². The van der Waals surface area contributed by atoms with E-state index in [9.17, 15) is 0 Å². The molecule has 3 nitrogen and oxygen atoms in total. The first-order chi connectivity index (χ1) is 15.7. The summed E-state index contributed by atoms with van der Waals surface area (Å²) in [6.45, 7) is 4.42. The quantitative estimate of drug-likeness (QED) is 0.302. The van der Waals surface area contributed by atoms with E-state index < -0.39 is 0 Å². The van der Waals surface area contributed by atoms with E-state index in [0.29, 0.717) is 0 Å². The molecule has 0 saturated carbocycles. The number of hydrogen-bond acceptors (Lipinski definition) is 3. The average molecular weight is 420 g/mol. The SMILES string of the molecule is Cc1cc2oc3ccccc3c2cc1N1C(c2ccccc2)OC(c2ccccc2)[C@@H]1C. The van der Waals surface area contributed by atoms with Gasteiger partial charge in [0.05, 0.1) is 6.04 Å². The first-order valence-corrected chi connectivity index (χ1v) is 11.2. The van der Waals surface area contributed by atoms with Crippen LogP contribution in [0, 0.1) is 6.92 Å². The van der Waals surface area contributed by atoms with Crippen LogP contribution < -0.4 is 4.90 Å². The third-order valence-electron chi connectivity index (χ3n) is 6.59. The molecule has 0 radical (unpaired) electrons. The zero-order valence-corrected chi connectivity index (χ0v) is 18.2. The van der Waals surface area contributed by atoms with E-state index in [4.69, 9.17) is 9.15 Å². The Morgan fingerprint density at radius 2 is 1.34 bits per heavy atom. The lowest BCUT2D eigenvalue weighted by atomic mass is 10.0. The first kappa shape index (κ1) is 19.1. The molecule has 32 heavy (non-hydrogen) atoms. The Labute approximate surface area is 187 Å². The monoisotopic (exact) mass is 419 g/mol. The summed E-state index contributed by atoms with van der Waals surface area (Å²) in [5.41, 5.74) is 6.58. The van der Waals surface area contributed by atoms with Gasteiger partial charge in [0.25, 0.3) is 0 Å². The molecule has 0 aliphatic carbocycles. The van der Waals surface area contributed by atoms with Crippen molar-refractivity contribution in [3.05, 3.63) is 114 Å². The number of benzene rings is 4. The first-order valence-electron chi connectivity index (χ1n) is 11.2. The molecule has 158 valence electrons. The number of fused-ring (bicyclic) bond motifs is 3. The standard InChI is InChI=1S/C29H25NO2/c1-19-17-27-24(23-15-9-10-16-26(23)31-27)18-25(19)30-20(2)28(21-11-5-3-6-12-21)32-29(30)22-13-7-4-8-14-22/h3-18,20,28-29H,1-2H3/t20-,28?,29?/m0/s1. The van der Waals surface area contributed by atoms with E-state index in [1.807, 2.05) is 12.1 Å². The Morgan fingerprint density at radius 1 is 0.688 bits per heavy atom. The molecule has 0 N–H and O–H groups in total. The Kier molecular flexibility index (Phi) is 4.51. The van der Waals surface area contributed by atoms with E-state index in [2.05, 4.69) is 104 Å². The normalized spacial score (nSPS) is 20.9. The summed E-state index contributed by atoms with van der Waals surface area (Å²) in [7, 11) is 0. The fourth-order valence-corrected chi connectivity index (χ4v) is 5.02. The van der Waals surface area contributed by atoms with Crippen molar-refractivity contribution in [3.8, 4) is 0 Å². The number of rotatable bonds is 3. The van der Waals surface area contributed by atoms with Crippen LogP contribution in [0.1, 0.15) is 35.9 Å². The molecular weight excluding hydrogens is 394 g/mol. The fraction of sp³-hybridized carbons (Fsp3) is 0.172. The number of furan rings is 1. The summed E-state index contributed by atoms with van der Waals surface area (Å²) >= 11 is 0. The Hall–Kier alpha value is -3.56. The van der Waals surface area contributed by atoms with Gasteiger partial charge in [-0.15, -0.1) is 0 Å². The number of ether oxygens (including phenoxy) is 1. The average Bonchev–Trinajstić information content (AvgIpc) is 3.36. The third kappa shape index (κ3) is 3.01. The number of hydrogen-bond donors (Lipinski definition) is 0. The highest BCUT2D eigenvalue weighted by Crippen LogP contribution is 2.47. The number of anilines is 1. The third-order valence-corrected chi connectivity index (χ3v) is 6.59. The van der Waals surface area contributed by atoms with Crippen LogP contribution in [0.3, 0.4) is 0 Å². The summed E-state index contributed by atoms with van der Waals surface area (Å²) in [5.74, 6) is 0. The van der Waals surface area contributed by atoms with Crippen molar-refractivity contribution in [2.45, 2.75) is 32.2 Å². The van der Waals surface area contributed by atoms with E-state index in [1.54, 1.807) is 0 Å². The van der Waals surface area contributed by atoms with Gasteiger partial charge in [-0.1, -0.05) is 78.9 Å². The van der Waals surface area contributed by atoms with Gasteiger partial charge < -0.3 is 14.1 Å². The highest BCUT2D eigenvalue weighted by atomic mass is 16.5. The maximum atomic E-state index is 6.75. The molecule has 3 atom stereocenters. The zero-order valence-electron chi connectivity index (χ0n) is 18.2. The fourth-order valence-electron chi connectivity index (χ4n) is 5.02. The topological polar surface area (TPSA) is 25.6 Å². The minimum atomic E-state index is -0.161. The van der Waals surface area contributed by atoms with Crippen LogP contribution in [0.15, 0.2) is 101 Å². The lowest BCUT2D eigenvalue weighted by Crippen LogP contribution is -2.32. The molecule has 3 heteroatoms. The predicted molar refractivity (Wildman–Crippen MR) is 130 cm³/mol. The molecule has 4 aromatic carbocycles. The van der Waals surface area contributed by atoms with Crippen molar-refractivity contribution < 1.29 is 9.15 Å². The van der Waals surface area contributed by atoms with Gasteiger partial charge in [0.1, 0.15) is 17.3 Å². The number of para-hydroxylation sites is 1. The van der Waals surface area contributed by atoms with Gasteiger partial charge in [-0.3, -0.25) is 0 Å². The van der Waals surface area contributed by atoms with E-state index in [1.165, 1.54) is 16.8 Å². The zero-order chi connectivity index (χ0) is 21.7. The van der Waals surface area contributed by atoms with Gasteiger partial charge in [-0.25, -0.2) is 0 Å². The smallest absolute Gasteiger partial charge is 0.157 e. The van der Waals surface area contributed by atoms with Crippen molar-refractivity contribution in [2.24, 2.45) is 0 Å². The molecule has 2 unspecified atom stereocenters. The predicted octanol–water partition coefficient (Wildman–Crippen LogP) is 7.56. The summed E-state index contributed by atoms with van der Waals surface area (Å²) in [4.78, 5) is 2.43. The minimum absolute atomic E-state index is 0.0161. The molecule has 2 heterocycles. The van der Waals surface area contributed by atoms with Crippen LogP contribution >= 0.6 is 0 Å². The highest BCUT2D eigenvalue weighted by Gasteiger charge is 2.41. The summed E-state index contributed by atoms with van der Waals surface area (Å²) < 4.78 is 12.9. The molecule has 1 aliphatic rings. The van der Waals surface area contributed by atoms with Gasteiger partial charge in [-0.2, -0.15) is 0 Å². The van der Waals surface area contributed by atoms with Crippen LogP contribution in [0.25, 0.3) is 21.9 Å². The number of nitrogens with zero attached hydrogens (tertiary/aromatic N) is 1. The highest BCUT2D eigenvalue weighted by molar-refractivity contribution is 6.06. The Balaban J connectivity index is 1.53. The van der Waals surface area contributed by atoms with Crippen LogP contribution in [0.4, 0.5) is 5.69 Å². The molecule has 0 bridgehead atoms. The van der Waals surface area contributed by atoms with Crippen molar-refractivity contribution >= 4 is 27.6 Å². The van der Waals surface area contributed by atoms with Crippen LogP contribution in [-0.2, 0) is 4.74 Å². The molecule has 1 aliphatic heterocycles. The number of aryl methyl sites for hydroxylation is 1. The van der Waals surface area contributed by atoms with E-state index in [0.717, 1.165) is 27.5 Å². The largest absolute Gasteiger partial charge is 0.456 e. The van der Waals surface area contributed by atoms with E-state index >= 15 is 0 Å². The van der Waals surface area contributed by atoms with Crippen molar-refractivity contribution in [1.29, 1.82) is 0 Å². The van der Waals surface area contributed by atoms with Gasteiger partial charge in [0.2, 0.25) is 0 Å². The molecule has 5 aromatic rings. The second-order valence-corrected chi connectivity index (χ2v) is 8.61. The van der Waals surface area contributed by atoms with Gasteiger partial charge in [0.15, 0.2) is 6.23 Å². The maximum absolute atomic E-state index is 6.75. The molecule has 0 spiro atoms. The molecule has 1 saturated heterocycles. The van der Waals surface area contributed by atoms with Gasteiger partial charge in [0, 0.05) is 22.0 Å². The van der Waals surface area contributed by atoms with Gasteiger partial charge in [-0.05, 0) is 43.2 Å². The molecule has 1 aromatic heterocycles. The summed E-state index contributed by atoms with van der Waals surface area (Å²) in [6, 6.07) is 33.9. The summed E-state index contributed by atoms with van der Waals surface area (Å²) in [6.07, 6.45) is -0.177. The molecule has 0 amide bonds. The van der Waals surface area contributed by atoms with Crippen LogP contribution in [-0.4, -0.2) is 6.04 Å². The molecular formula is C29H25NO2. The van der Waals surface area contributed by atoms with Crippen molar-refractivity contribution in [2.75, 3.05) is 4.90 Å².